The zero-order chi connectivity index (χ0) is 12.1. The third-order valence-corrected chi connectivity index (χ3v) is 2.90. The summed E-state index contributed by atoms with van der Waals surface area (Å²) in [6, 6.07) is 8.16. The van der Waals surface area contributed by atoms with E-state index >= 15 is 0 Å². The lowest BCUT2D eigenvalue weighted by Gasteiger charge is -2.03. The quantitative estimate of drug-likeness (QED) is 0.787. The molecule has 0 aliphatic carbocycles. The molecule has 0 saturated carbocycles. The van der Waals surface area contributed by atoms with E-state index in [2.05, 4.69) is 16.4 Å². The van der Waals surface area contributed by atoms with Crippen LogP contribution < -0.4 is 5.32 Å². The molecule has 0 saturated heterocycles. The Bertz CT molecular complexity index is 507. The molecule has 0 atom stereocenters. The number of alkyl halides is 1. The van der Waals surface area contributed by atoms with Crippen molar-refractivity contribution in [3.8, 4) is 0 Å². The van der Waals surface area contributed by atoms with Crippen molar-refractivity contribution < 1.29 is 4.79 Å². The van der Waals surface area contributed by atoms with E-state index in [1.54, 1.807) is 0 Å². The number of carbonyl (C=O) groups is 1. The average molecular weight is 251 g/mol. The maximum absolute atomic E-state index is 11.2. The van der Waals surface area contributed by atoms with Gasteiger partial charge in [0.15, 0.2) is 0 Å². The third-order valence-electron chi connectivity index (χ3n) is 2.71. The molecule has 0 bridgehead atoms. The van der Waals surface area contributed by atoms with Gasteiger partial charge in [0.05, 0.1) is 0 Å². The molecule has 1 aromatic carbocycles. The Kier molecular flexibility index (Phi) is 4.04. The second kappa shape index (κ2) is 5.73. The number of hydrogen-bond donors (Lipinski definition) is 2. The van der Waals surface area contributed by atoms with Gasteiger partial charge in [0, 0.05) is 35.9 Å². The lowest BCUT2D eigenvalue weighted by molar-refractivity contribution is -0.120. The van der Waals surface area contributed by atoms with Gasteiger partial charge in [-0.25, -0.2) is 0 Å². The Labute approximate surface area is 105 Å². The first kappa shape index (κ1) is 12.0. The first-order valence-electron chi connectivity index (χ1n) is 5.69. The number of benzene rings is 1. The van der Waals surface area contributed by atoms with E-state index < -0.39 is 0 Å². The van der Waals surface area contributed by atoms with E-state index in [1.807, 2.05) is 24.4 Å². The van der Waals surface area contributed by atoms with E-state index in [0.717, 1.165) is 11.9 Å². The van der Waals surface area contributed by atoms with Crippen LogP contribution in [0, 0.1) is 0 Å². The minimum atomic E-state index is 0.0137. The summed E-state index contributed by atoms with van der Waals surface area (Å²) in [7, 11) is 0. The van der Waals surface area contributed by atoms with Gasteiger partial charge in [0.25, 0.3) is 0 Å². The Hall–Kier alpha value is -1.48. The van der Waals surface area contributed by atoms with Gasteiger partial charge in [0.1, 0.15) is 0 Å². The van der Waals surface area contributed by atoms with Crippen molar-refractivity contribution >= 4 is 28.4 Å². The highest BCUT2D eigenvalue weighted by atomic mass is 35.5. The molecule has 2 rings (SSSR count). The highest BCUT2D eigenvalue weighted by Gasteiger charge is 2.03. The van der Waals surface area contributed by atoms with Crippen LogP contribution in [0.5, 0.6) is 0 Å². The van der Waals surface area contributed by atoms with Crippen LogP contribution in [0.2, 0.25) is 0 Å². The number of H-pyrrole nitrogens is 1. The second-order valence-electron chi connectivity index (χ2n) is 3.90. The standard InChI is InChI=1S/C13H15ClN2O/c14-7-5-13(17)15-8-6-10-9-16-12-4-2-1-3-11(10)12/h1-4,9,16H,5-8H2,(H,15,17). The predicted octanol–water partition coefficient (Wildman–Crippen LogP) is 2.46. The zero-order valence-electron chi connectivity index (χ0n) is 9.50. The fraction of sp³-hybridized carbons (Fsp3) is 0.308. The first-order chi connectivity index (χ1) is 8.31. The topological polar surface area (TPSA) is 44.9 Å². The molecule has 2 aromatic rings. The Morgan fingerprint density at radius 3 is 3.00 bits per heavy atom. The Morgan fingerprint density at radius 1 is 1.35 bits per heavy atom. The molecule has 0 unspecified atom stereocenters. The van der Waals surface area contributed by atoms with Crippen molar-refractivity contribution in [1.29, 1.82) is 0 Å². The van der Waals surface area contributed by atoms with Crippen molar-refractivity contribution in [2.24, 2.45) is 0 Å². The maximum Gasteiger partial charge on any atom is 0.221 e. The Balaban J connectivity index is 1.93. The van der Waals surface area contributed by atoms with Crippen LogP contribution in [0.3, 0.4) is 0 Å². The van der Waals surface area contributed by atoms with Gasteiger partial charge < -0.3 is 10.3 Å². The summed E-state index contributed by atoms with van der Waals surface area (Å²) < 4.78 is 0. The highest BCUT2D eigenvalue weighted by molar-refractivity contribution is 6.18. The molecule has 1 amide bonds. The molecule has 0 aliphatic heterocycles. The maximum atomic E-state index is 11.2. The molecule has 1 heterocycles. The number of carbonyl (C=O) groups excluding carboxylic acids is 1. The monoisotopic (exact) mass is 250 g/mol. The van der Waals surface area contributed by atoms with Gasteiger partial charge in [-0.1, -0.05) is 18.2 Å². The molecule has 90 valence electrons. The number of hydrogen-bond acceptors (Lipinski definition) is 1. The largest absolute Gasteiger partial charge is 0.361 e. The van der Waals surface area contributed by atoms with Crippen molar-refractivity contribution in [2.45, 2.75) is 12.8 Å². The van der Waals surface area contributed by atoms with Gasteiger partial charge in [-0.2, -0.15) is 0 Å². The first-order valence-corrected chi connectivity index (χ1v) is 6.22. The molecule has 2 N–H and O–H groups in total. The van der Waals surface area contributed by atoms with Gasteiger partial charge in [0.2, 0.25) is 5.91 Å². The van der Waals surface area contributed by atoms with Gasteiger partial charge in [-0.05, 0) is 18.1 Å². The van der Waals surface area contributed by atoms with E-state index in [0.29, 0.717) is 18.8 Å². The summed E-state index contributed by atoms with van der Waals surface area (Å²) in [6.07, 6.45) is 3.21. The zero-order valence-corrected chi connectivity index (χ0v) is 10.3. The lowest BCUT2D eigenvalue weighted by atomic mass is 10.1. The van der Waals surface area contributed by atoms with Crippen molar-refractivity contribution in [2.75, 3.05) is 12.4 Å². The van der Waals surface area contributed by atoms with Crippen LogP contribution in [-0.2, 0) is 11.2 Å². The minimum absolute atomic E-state index is 0.0137. The van der Waals surface area contributed by atoms with Gasteiger partial charge in [-0.3, -0.25) is 4.79 Å². The minimum Gasteiger partial charge on any atom is -0.361 e. The molecule has 17 heavy (non-hydrogen) atoms. The number of halogens is 1. The molecular weight excluding hydrogens is 236 g/mol. The number of aromatic nitrogens is 1. The van der Waals surface area contributed by atoms with Crippen LogP contribution in [0.25, 0.3) is 10.9 Å². The summed E-state index contributed by atoms with van der Waals surface area (Å²) in [5, 5.41) is 4.07. The summed E-state index contributed by atoms with van der Waals surface area (Å²) in [5.41, 5.74) is 2.36. The molecular formula is C13H15ClN2O. The number of aromatic amines is 1. The fourth-order valence-electron chi connectivity index (χ4n) is 1.85. The summed E-state index contributed by atoms with van der Waals surface area (Å²) in [4.78, 5) is 14.4. The van der Waals surface area contributed by atoms with E-state index in [-0.39, 0.29) is 5.91 Å². The van der Waals surface area contributed by atoms with E-state index in [4.69, 9.17) is 11.6 Å². The van der Waals surface area contributed by atoms with Crippen molar-refractivity contribution in [3.63, 3.8) is 0 Å². The summed E-state index contributed by atoms with van der Waals surface area (Å²) in [6.45, 7) is 0.650. The third kappa shape index (κ3) is 3.01. The molecule has 0 fully saturated rings. The van der Waals surface area contributed by atoms with Crippen LogP contribution >= 0.6 is 11.6 Å². The van der Waals surface area contributed by atoms with Crippen LogP contribution in [-0.4, -0.2) is 23.3 Å². The average Bonchev–Trinajstić information content (AvgIpc) is 2.73. The smallest absolute Gasteiger partial charge is 0.221 e. The molecule has 4 heteroatoms. The van der Waals surface area contributed by atoms with Crippen LogP contribution in [0.4, 0.5) is 0 Å². The summed E-state index contributed by atoms with van der Waals surface area (Å²) >= 11 is 5.49. The molecule has 3 nitrogen and oxygen atoms in total. The number of fused-ring (bicyclic) bond motifs is 1. The normalized spacial score (nSPS) is 10.6. The van der Waals surface area contributed by atoms with Crippen LogP contribution in [0.1, 0.15) is 12.0 Å². The Morgan fingerprint density at radius 2 is 2.18 bits per heavy atom. The SMILES string of the molecule is O=C(CCCl)NCCc1c[nH]c2ccccc12. The second-order valence-corrected chi connectivity index (χ2v) is 4.28. The van der Waals surface area contributed by atoms with Crippen molar-refractivity contribution in [3.05, 3.63) is 36.0 Å². The molecule has 0 spiro atoms. The molecule has 0 radical (unpaired) electrons. The highest BCUT2D eigenvalue weighted by Crippen LogP contribution is 2.17. The summed E-state index contributed by atoms with van der Waals surface area (Å²) in [5.74, 6) is 0.388. The number of rotatable bonds is 5. The van der Waals surface area contributed by atoms with Gasteiger partial charge >= 0.3 is 0 Å². The number of nitrogens with one attached hydrogen (secondary N) is 2. The van der Waals surface area contributed by atoms with Crippen LogP contribution in [0.15, 0.2) is 30.5 Å². The number of para-hydroxylation sites is 1. The number of amides is 1. The molecule has 0 aliphatic rings. The van der Waals surface area contributed by atoms with Gasteiger partial charge in [-0.15, -0.1) is 11.6 Å². The fourth-order valence-corrected chi connectivity index (χ4v) is 2.02. The van der Waals surface area contributed by atoms with E-state index in [1.165, 1.54) is 10.9 Å². The van der Waals surface area contributed by atoms with Crippen molar-refractivity contribution in [1.82, 2.24) is 10.3 Å². The predicted molar refractivity (Wildman–Crippen MR) is 70.3 cm³/mol. The lowest BCUT2D eigenvalue weighted by Crippen LogP contribution is -2.25. The molecule has 1 aromatic heterocycles. The van der Waals surface area contributed by atoms with E-state index in [9.17, 15) is 4.79 Å².